The highest BCUT2D eigenvalue weighted by molar-refractivity contribution is 6.30. The quantitative estimate of drug-likeness (QED) is 0.432. The second-order valence-corrected chi connectivity index (χ2v) is 5.83. The van der Waals surface area contributed by atoms with Crippen LogP contribution in [0.4, 0.5) is 5.69 Å². The second-order valence-electron chi connectivity index (χ2n) is 5.39. The molecular formula is C19H17ClN2O6. The Hall–Kier alpha value is -3.39. The number of rotatable bonds is 7. The molecule has 0 saturated heterocycles. The standard InChI is InChI=1S/C19H17ClN2O6/c1-26-18(24)13-7-14(19(25)27-2)9-16(8-13)22-17(23)11-28-21-10-12-3-5-15(20)6-4-12/h3-10H,11H2,1-2H3,(H,22,23)/b21-10-. The summed E-state index contributed by atoms with van der Waals surface area (Å²) >= 11 is 5.78. The predicted molar refractivity (Wildman–Crippen MR) is 103 cm³/mol. The van der Waals surface area contributed by atoms with Crippen molar-refractivity contribution in [1.82, 2.24) is 0 Å². The van der Waals surface area contributed by atoms with Gasteiger partial charge in [-0.05, 0) is 35.9 Å². The normalized spacial score (nSPS) is 10.4. The Morgan fingerprint density at radius 1 is 1.00 bits per heavy atom. The van der Waals surface area contributed by atoms with Crippen LogP contribution in [0.25, 0.3) is 0 Å². The number of nitrogens with one attached hydrogen (secondary N) is 1. The number of hydrogen-bond donors (Lipinski definition) is 1. The Morgan fingerprint density at radius 2 is 1.57 bits per heavy atom. The number of halogens is 1. The van der Waals surface area contributed by atoms with Gasteiger partial charge in [0.15, 0.2) is 6.61 Å². The highest BCUT2D eigenvalue weighted by Crippen LogP contribution is 2.17. The Labute approximate surface area is 166 Å². The zero-order chi connectivity index (χ0) is 20.5. The minimum Gasteiger partial charge on any atom is -0.465 e. The van der Waals surface area contributed by atoms with Crippen molar-refractivity contribution in [3.63, 3.8) is 0 Å². The van der Waals surface area contributed by atoms with Crippen molar-refractivity contribution in [2.45, 2.75) is 0 Å². The highest BCUT2D eigenvalue weighted by atomic mass is 35.5. The average molecular weight is 405 g/mol. The number of amides is 1. The largest absolute Gasteiger partial charge is 0.465 e. The van der Waals surface area contributed by atoms with Gasteiger partial charge in [-0.25, -0.2) is 9.59 Å². The molecule has 1 N–H and O–H groups in total. The van der Waals surface area contributed by atoms with Crippen LogP contribution in [0.2, 0.25) is 5.02 Å². The number of benzene rings is 2. The van der Waals surface area contributed by atoms with Gasteiger partial charge in [0, 0.05) is 10.7 Å². The fourth-order valence-corrected chi connectivity index (χ4v) is 2.24. The summed E-state index contributed by atoms with van der Waals surface area (Å²) in [5.74, 6) is -1.86. The number of ether oxygens (including phenoxy) is 2. The molecule has 9 heteroatoms. The third-order valence-corrected chi connectivity index (χ3v) is 3.65. The van der Waals surface area contributed by atoms with Gasteiger partial charge in [-0.1, -0.05) is 28.9 Å². The number of anilines is 1. The SMILES string of the molecule is COC(=O)c1cc(NC(=O)CO/N=C\c2ccc(Cl)cc2)cc(C(=O)OC)c1. The molecule has 0 heterocycles. The van der Waals surface area contributed by atoms with Crippen LogP contribution in [0.3, 0.4) is 0 Å². The molecule has 0 bridgehead atoms. The molecule has 2 aromatic rings. The molecule has 0 aliphatic heterocycles. The molecule has 0 fully saturated rings. The number of carbonyl (C=O) groups excluding carboxylic acids is 3. The van der Waals surface area contributed by atoms with Crippen molar-refractivity contribution in [3.05, 3.63) is 64.2 Å². The maximum Gasteiger partial charge on any atom is 0.337 e. The van der Waals surface area contributed by atoms with Crippen LogP contribution < -0.4 is 5.32 Å². The van der Waals surface area contributed by atoms with Gasteiger partial charge in [-0.2, -0.15) is 0 Å². The summed E-state index contributed by atoms with van der Waals surface area (Å²) in [7, 11) is 2.41. The van der Waals surface area contributed by atoms with Crippen LogP contribution in [0.15, 0.2) is 47.6 Å². The zero-order valence-corrected chi connectivity index (χ0v) is 15.9. The van der Waals surface area contributed by atoms with Gasteiger partial charge in [-0.3, -0.25) is 4.79 Å². The Kier molecular flexibility index (Phi) is 7.53. The van der Waals surface area contributed by atoms with E-state index in [2.05, 4.69) is 19.9 Å². The molecule has 146 valence electrons. The zero-order valence-electron chi connectivity index (χ0n) is 15.1. The lowest BCUT2D eigenvalue weighted by molar-refractivity contribution is -0.120. The van der Waals surface area contributed by atoms with Crippen LogP contribution in [-0.2, 0) is 19.1 Å². The van der Waals surface area contributed by atoms with E-state index in [1.165, 1.54) is 38.6 Å². The first-order chi connectivity index (χ1) is 13.4. The minimum atomic E-state index is -0.662. The Balaban J connectivity index is 2.00. The molecule has 0 spiro atoms. The number of esters is 2. The lowest BCUT2D eigenvalue weighted by Crippen LogP contribution is -2.18. The number of carbonyl (C=O) groups is 3. The Bertz CT molecular complexity index is 862. The summed E-state index contributed by atoms with van der Waals surface area (Å²) in [6.45, 7) is -0.375. The molecule has 28 heavy (non-hydrogen) atoms. The van der Waals surface area contributed by atoms with E-state index in [1.807, 2.05) is 0 Å². The van der Waals surface area contributed by atoms with Gasteiger partial charge in [-0.15, -0.1) is 0 Å². The first-order valence-electron chi connectivity index (χ1n) is 7.95. The molecule has 0 aliphatic rings. The van der Waals surface area contributed by atoms with E-state index in [0.29, 0.717) is 5.02 Å². The monoisotopic (exact) mass is 404 g/mol. The van der Waals surface area contributed by atoms with Gasteiger partial charge >= 0.3 is 11.9 Å². The smallest absolute Gasteiger partial charge is 0.337 e. The molecule has 0 radical (unpaired) electrons. The van der Waals surface area contributed by atoms with Crippen LogP contribution in [-0.4, -0.2) is 44.9 Å². The van der Waals surface area contributed by atoms with E-state index in [9.17, 15) is 14.4 Å². The van der Waals surface area contributed by atoms with Gasteiger partial charge in [0.1, 0.15) is 0 Å². The van der Waals surface area contributed by atoms with Crippen molar-refractivity contribution < 1.29 is 28.7 Å². The highest BCUT2D eigenvalue weighted by Gasteiger charge is 2.15. The van der Waals surface area contributed by atoms with Gasteiger partial charge in [0.2, 0.25) is 0 Å². The number of hydrogen-bond acceptors (Lipinski definition) is 7. The van der Waals surface area contributed by atoms with Crippen molar-refractivity contribution in [1.29, 1.82) is 0 Å². The number of methoxy groups -OCH3 is 2. The van der Waals surface area contributed by atoms with Crippen LogP contribution in [0, 0.1) is 0 Å². The summed E-state index contributed by atoms with van der Waals surface area (Å²) < 4.78 is 9.28. The van der Waals surface area contributed by atoms with Crippen LogP contribution >= 0.6 is 11.6 Å². The van der Waals surface area contributed by atoms with Gasteiger partial charge in [0.25, 0.3) is 5.91 Å². The summed E-state index contributed by atoms with van der Waals surface area (Å²) in [5.41, 5.74) is 1.13. The maximum atomic E-state index is 12.0. The summed E-state index contributed by atoms with van der Waals surface area (Å²) in [5, 5.41) is 6.81. The Morgan fingerprint density at radius 3 is 2.11 bits per heavy atom. The third-order valence-electron chi connectivity index (χ3n) is 3.40. The fourth-order valence-electron chi connectivity index (χ4n) is 2.11. The summed E-state index contributed by atoms with van der Waals surface area (Å²) in [4.78, 5) is 40.4. The second kappa shape index (κ2) is 10.1. The van der Waals surface area contributed by atoms with E-state index in [0.717, 1.165) is 5.56 Å². The first-order valence-corrected chi connectivity index (χ1v) is 8.33. The maximum absolute atomic E-state index is 12.0. The number of nitrogens with zero attached hydrogens (tertiary/aromatic N) is 1. The van der Waals surface area contributed by atoms with Crippen molar-refractivity contribution in [2.24, 2.45) is 5.16 Å². The van der Waals surface area contributed by atoms with E-state index >= 15 is 0 Å². The molecule has 0 aliphatic carbocycles. The van der Waals surface area contributed by atoms with Crippen LogP contribution in [0.1, 0.15) is 26.3 Å². The topological polar surface area (TPSA) is 103 Å². The molecule has 2 aromatic carbocycles. The van der Waals surface area contributed by atoms with E-state index < -0.39 is 17.8 Å². The molecule has 2 rings (SSSR count). The predicted octanol–water partition coefficient (Wildman–Crippen LogP) is 2.90. The first kappa shape index (κ1) is 20.9. The third kappa shape index (κ3) is 6.10. The van der Waals surface area contributed by atoms with Crippen LogP contribution in [0.5, 0.6) is 0 Å². The van der Waals surface area contributed by atoms with E-state index in [4.69, 9.17) is 16.4 Å². The molecule has 1 amide bonds. The minimum absolute atomic E-state index is 0.0855. The van der Waals surface area contributed by atoms with Gasteiger partial charge < -0.3 is 19.6 Å². The molecule has 0 atom stereocenters. The molecule has 0 aromatic heterocycles. The summed E-state index contributed by atoms with van der Waals surface area (Å²) in [6, 6.07) is 10.9. The van der Waals surface area contributed by atoms with Crippen molar-refractivity contribution >= 4 is 41.3 Å². The molecular weight excluding hydrogens is 388 g/mol. The average Bonchev–Trinajstić information content (AvgIpc) is 2.71. The van der Waals surface area contributed by atoms with Gasteiger partial charge in [0.05, 0.1) is 31.6 Å². The number of oxime groups is 1. The van der Waals surface area contributed by atoms with E-state index in [1.54, 1.807) is 24.3 Å². The van der Waals surface area contributed by atoms with Crippen molar-refractivity contribution in [3.8, 4) is 0 Å². The fraction of sp³-hybridized carbons (Fsp3) is 0.158. The molecule has 8 nitrogen and oxygen atoms in total. The summed E-state index contributed by atoms with van der Waals surface area (Å²) in [6.07, 6.45) is 1.43. The molecule has 0 saturated carbocycles. The lowest BCUT2D eigenvalue weighted by Gasteiger charge is -2.09. The molecule has 0 unspecified atom stereocenters. The van der Waals surface area contributed by atoms with E-state index in [-0.39, 0.29) is 23.4 Å². The van der Waals surface area contributed by atoms with Crippen molar-refractivity contribution in [2.75, 3.05) is 26.1 Å². The lowest BCUT2D eigenvalue weighted by atomic mass is 10.1.